The van der Waals surface area contributed by atoms with Gasteiger partial charge in [-0.15, -0.1) is 5.10 Å². The van der Waals surface area contributed by atoms with E-state index in [0.717, 1.165) is 29.5 Å². The lowest BCUT2D eigenvalue weighted by Crippen LogP contribution is -2.08. The van der Waals surface area contributed by atoms with Gasteiger partial charge in [-0.25, -0.2) is 0 Å². The smallest absolute Gasteiger partial charge is 0.244 e. The molecule has 0 aliphatic heterocycles. The van der Waals surface area contributed by atoms with Crippen LogP contribution in [0.4, 0.5) is 17.5 Å². The molecule has 122 valence electrons. The fraction of sp³-hybridized carbons (Fsp3) is 0.167. The van der Waals surface area contributed by atoms with Crippen LogP contribution in [0.15, 0.2) is 65.3 Å². The Labute approximate surface area is 149 Å². The Bertz CT molecular complexity index is 762. The van der Waals surface area contributed by atoms with Crippen LogP contribution in [-0.2, 0) is 6.42 Å². The Morgan fingerprint density at radius 1 is 0.958 bits per heavy atom. The van der Waals surface area contributed by atoms with Gasteiger partial charge in [-0.2, -0.15) is 10.1 Å². The first-order chi connectivity index (χ1) is 11.8. The minimum atomic E-state index is 0.533. The van der Waals surface area contributed by atoms with Crippen LogP contribution >= 0.6 is 15.9 Å². The zero-order chi connectivity index (χ0) is 16.6. The lowest BCUT2D eigenvalue weighted by Gasteiger charge is -2.08. The van der Waals surface area contributed by atoms with Gasteiger partial charge in [-0.05, 0) is 42.7 Å². The highest BCUT2D eigenvalue weighted by molar-refractivity contribution is 9.10. The molecule has 0 saturated carbocycles. The van der Waals surface area contributed by atoms with Gasteiger partial charge >= 0.3 is 0 Å². The predicted molar refractivity (Wildman–Crippen MR) is 101 cm³/mol. The van der Waals surface area contributed by atoms with Crippen LogP contribution in [0.3, 0.4) is 0 Å². The highest BCUT2D eigenvalue weighted by atomic mass is 79.9. The molecule has 0 aliphatic rings. The van der Waals surface area contributed by atoms with Crippen molar-refractivity contribution in [1.82, 2.24) is 15.2 Å². The van der Waals surface area contributed by atoms with Gasteiger partial charge in [0.15, 0.2) is 5.82 Å². The predicted octanol–water partition coefficient (Wildman–Crippen LogP) is 4.42. The van der Waals surface area contributed by atoms with E-state index in [1.165, 1.54) is 5.56 Å². The topological polar surface area (TPSA) is 62.7 Å². The van der Waals surface area contributed by atoms with E-state index < -0.39 is 0 Å². The van der Waals surface area contributed by atoms with Gasteiger partial charge in [0.1, 0.15) is 0 Å². The molecule has 0 aliphatic carbocycles. The number of hydrogen-bond acceptors (Lipinski definition) is 5. The second-order valence-electron chi connectivity index (χ2n) is 5.31. The summed E-state index contributed by atoms with van der Waals surface area (Å²) in [7, 11) is 0. The summed E-state index contributed by atoms with van der Waals surface area (Å²) in [6.45, 7) is 0.804. The molecule has 1 aromatic heterocycles. The van der Waals surface area contributed by atoms with Gasteiger partial charge in [-0.1, -0.05) is 46.3 Å². The lowest BCUT2D eigenvalue weighted by atomic mass is 10.1. The Balaban J connectivity index is 1.50. The summed E-state index contributed by atoms with van der Waals surface area (Å²) in [6.07, 6.45) is 3.65. The molecule has 3 aromatic rings. The summed E-state index contributed by atoms with van der Waals surface area (Å²) in [5, 5.41) is 14.4. The van der Waals surface area contributed by atoms with Gasteiger partial charge in [0, 0.05) is 16.7 Å². The normalized spacial score (nSPS) is 10.4. The highest BCUT2D eigenvalue weighted by Crippen LogP contribution is 2.17. The molecule has 2 N–H and O–H groups in total. The minimum absolute atomic E-state index is 0.533. The molecule has 0 fully saturated rings. The van der Waals surface area contributed by atoms with Crippen molar-refractivity contribution in [1.29, 1.82) is 0 Å². The van der Waals surface area contributed by atoms with Crippen molar-refractivity contribution in [2.45, 2.75) is 12.8 Å². The number of aryl methyl sites for hydroxylation is 1. The van der Waals surface area contributed by atoms with E-state index in [-0.39, 0.29) is 0 Å². The van der Waals surface area contributed by atoms with Crippen LogP contribution in [0.25, 0.3) is 0 Å². The number of benzene rings is 2. The van der Waals surface area contributed by atoms with Gasteiger partial charge in [0.05, 0.1) is 6.20 Å². The van der Waals surface area contributed by atoms with E-state index in [9.17, 15) is 0 Å². The molecule has 5 nitrogen and oxygen atoms in total. The number of hydrogen-bond donors (Lipinski definition) is 2. The quantitative estimate of drug-likeness (QED) is 0.591. The van der Waals surface area contributed by atoms with Crippen molar-refractivity contribution >= 4 is 33.4 Å². The molecule has 3 rings (SSSR count). The minimum Gasteiger partial charge on any atom is -0.353 e. The molecule has 0 atom stereocenters. The molecule has 0 spiro atoms. The Kier molecular flexibility index (Phi) is 5.74. The van der Waals surface area contributed by atoms with Crippen molar-refractivity contribution in [3.63, 3.8) is 0 Å². The first-order valence-electron chi connectivity index (χ1n) is 7.80. The zero-order valence-electron chi connectivity index (χ0n) is 13.1. The SMILES string of the molecule is Brc1ccc(Nc2cnnc(NCCCc3ccccc3)n2)cc1. The van der Waals surface area contributed by atoms with Crippen LogP contribution < -0.4 is 10.6 Å². The molecule has 0 bridgehead atoms. The molecule has 0 amide bonds. The van der Waals surface area contributed by atoms with E-state index in [4.69, 9.17) is 0 Å². The van der Waals surface area contributed by atoms with E-state index >= 15 is 0 Å². The first-order valence-corrected chi connectivity index (χ1v) is 8.59. The molecule has 24 heavy (non-hydrogen) atoms. The number of anilines is 3. The van der Waals surface area contributed by atoms with Gasteiger partial charge < -0.3 is 10.6 Å². The number of aromatic nitrogens is 3. The molecular weight excluding hydrogens is 366 g/mol. The maximum atomic E-state index is 4.43. The third kappa shape index (κ3) is 5.03. The summed E-state index contributed by atoms with van der Waals surface area (Å²) >= 11 is 3.42. The van der Waals surface area contributed by atoms with Gasteiger partial charge in [-0.3, -0.25) is 0 Å². The van der Waals surface area contributed by atoms with Crippen molar-refractivity contribution in [3.8, 4) is 0 Å². The van der Waals surface area contributed by atoms with E-state index in [2.05, 4.69) is 66.0 Å². The fourth-order valence-corrected chi connectivity index (χ4v) is 2.52. The molecule has 6 heteroatoms. The van der Waals surface area contributed by atoms with Crippen LogP contribution in [0.2, 0.25) is 0 Å². The van der Waals surface area contributed by atoms with Crippen molar-refractivity contribution in [2.75, 3.05) is 17.2 Å². The van der Waals surface area contributed by atoms with E-state index in [1.54, 1.807) is 6.20 Å². The van der Waals surface area contributed by atoms with Crippen LogP contribution in [0.1, 0.15) is 12.0 Å². The third-order valence-electron chi connectivity index (χ3n) is 3.44. The maximum Gasteiger partial charge on any atom is 0.244 e. The average Bonchev–Trinajstić information content (AvgIpc) is 2.62. The summed E-state index contributed by atoms with van der Waals surface area (Å²) in [4.78, 5) is 4.43. The van der Waals surface area contributed by atoms with Crippen LogP contribution in [0.5, 0.6) is 0 Å². The number of nitrogens with one attached hydrogen (secondary N) is 2. The van der Waals surface area contributed by atoms with E-state index in [1.807, 2.05) is 30.3 Å². The van der Waals surface area contributed by atoms with Gasteiger partial charge in [0.25, 0.3) is 0 Å². The second kappa shape index (κ2) is 8.40. The number of nitrogens with zero attached hydrogens (tertiary/aromatic N) is 3. The van der Waals surface area contributed by atoms with Gasteiger partial charge in [0.2, 0.25) is 5.95 Å². The maximum absolute atomic E-state index is 4.43. The Morgan fingerprint density at radius 2 is 1.75 bits per heavy atom. The largest absolute Gasteiger partial charge is 0.353 e. The van der Waals surface area contributed by atoms with E-state index in [0.29, 0.717) is 11.8 Å². The Hall–Kier alpha value is -2.47. The summed E-state index contributed by atoms with van der Waals surface area (Å²) in [6, 6.07) is 18.3. The first kappa shape index (κ1) is 16.4. The fourth-order valence-electron chi connectivity index (χ4n) is 2.26. The average molecular weight is 384 g/mol. The molecule has 2 aromatic carbocycles. The third-order valence-corrected chi connectivity index (χ3v) is 3.97. The highest BCUT2D eigenvalue weighted by Gasteiger charge is 2.01. The van der Waals surface area contributed by atoms with Crippen molar-refractivity contribution < 1.29 is 0 Å². The van der Waals surface area contributed by atoms with Crippen molar-refractivity contribution in [3.05, 3.63) is 70.8 Å². The summed E-state index contributed by atoms with van der Waals surface area (Å²) in [5.41, 5.74) is 2.29. The number of halogens is 1. The molecule has 1 heterocycles. The summed E-state index contributed by atoms with van der Waals surface area (Å²) < 4.78 is 1.04. The standard InChI is InChI=1S/C18H18BrN5/c19-15-8-10-16(11-9-15)22-17-13-21-24-18(23-17)20-12-4-7-14-5-2-1-3-6-14/h1-3,5-6,8-11,13H,4,7,12H2,(H2,20,22,23,24). The molecule has 0 saturated heterocycles. The monoisotopic (exact) mass is 383 g/mol. The second-order valence-corrected chi connectivity index (χ2v) is 6.23. The summed E-state index contributed by atoms with van der Waals surface area (Å²) in [5.74, 6) is 1.20. The molecular formula is C18H18BrN5. The lowest BCUT2D eigenvalue weighted by molar-refractivity contribution is 0.843. The van der Waals surface area contributed by atoms with Crippen LogP contribution in [0, 0.1) is 0 Å². The van der Waals surface area contributed by atoms with Crippen LogP contribution in [-0.4, -0.2) is 21.7 Å². The molecule has 0 unspecified atom stereocenters. The van der Waals surface area contributed by atoms with Crippen molar-refractivity contribution in [2.24, 2.45) is 0 Å². The Morgan fingerprint density at radius 3 is 2.54 bits per heavy atom. The number of rotatable bonds is 7. The zero-order valence-corrected chi connectivity index (χ0v) is 14.7. The molecule has 0 radical (unpaired) electrons.